The van der Waals surface area contributed by atoms with E-state index in [-0.39, 0.29) is 11.8 Å². The van der Waals surface area contributed by atoms with Crippen LogP contribution < -0.4 is 10.4 Å². The highest BCUT2D eigenvalue weighted by Crippen LogP contribution is 2.30. The van der Waals surface area contributed by atoms with Crippen LogP contribution in [0.1, 0.15) is 26.5 Å². The molecular weight excluding hydrogens is 394 g/mol. The molecule has 4 rings (SSSR count). The Hall–Kier alpha value is -3.48. The number of methoxy groups -OCH3 is 1. The highest BCUT2D eigenvalue weighted by atomic mass is 16.6. The van der Waals surface area contributed by atoms with Gasteiger partial charge in [0.1, 0.15) is 11.4 Å². The van der Waals surface area contributed by atoms with Gasteiger partial charge in [-0.05, 0) is 45.0 Å². The van der Waals surface area contributed by atoms with Gasteiger partial charge in [-0.15, -0.1) is 0 Å². The molecule has 0 atom stereocenters. The van der Waals surface area contributed by atoms with E-state index in [0.717, 1.165) is 28.4 Å². The predicted octanol–water partition coefficient (Wildman–Crippen LogP) is 4.07. The van der Waals surface area contributed by atoms with Crippen LogP contribution in [0.25, 0.3) is 16.9 Å². The monoisotopic (exact) mass is 421 g/mol. The number of nitrogens with zero attached hydrogens (tertiary/aromatic N) is 3. The van der Waals surface area contributed by atoms with Crippen molar-refractivity contribution in [2.45, 2.75) is 39.5 Å². The summed E-state index contributed by atoms with van der Waals surface area (Å²) in [5.41, 5.74) is 2.53. The van der Waals surface area contributed by atoms with E-state index in [9.17, 15) is 9.59 Å². The summed E-state index contributed by atoms with van der Waals surface area (Å²) in [6.45, 7) is 6.68. The average molecular weight is 421 g/mol. The number of ether oxygens (including phenoxy) is 2. The summed E-state index contributed by atoms with van der Waals surface area (Å²) in [4.78, 5) is 27.8. The van der Waals surface area contributed by atoms with E-state index >= 15 is 0 Å². The van der Waals surface area contributed by atoms with E-state index in [1.54, 1.807) is 21.1 Å². The summed E-state index contributed by atoms with van der Waals surface area (Å²) in [5.74, 6) is 0.720. The summed E-state index contributed by atoms with van der Waals surface area (Å²) in [7, 11) is 1.61. The van der Waals surface area contributed by atoms with Crippen molar-refractivity contribution in [2.75, 3.05) is 13.7 Å². The molecule has 7 nitrogen and oxygen atoms in total. The fourth-order valence-electron chi connectivity index (χ4n) is 3.80. The molecule has 3 aromatic rings. The molecule has 7 heteroatoms. The number of carbonyl (C=O) groups is 1. The number of imidazole rings is 1. The predicted molar refractivity (Wildman–Crippen MR) is 119 cm³/mol. The van der Waals surface area contributed by atoms with E-state index in [1.165, 1.54) is 0 Å². The highest BCUT2D eigenvalue weighted by Gasteiger charge is 2.31. The minimum Gasteiger partial charge on any atom is -0.497 e. The van der Waals surface area contributed by atoms with Crippen molar-refractivity contribution in [1.29, 1.82) is 0 Å². The van der Waals surface area contributed by atoms with Crippen LogP contribution in [0.3, 0.4) is 0 Å². The zero-order chi connectivity index (χ0) is 22.2. The standard InChI is InChI=1S/C24H27N3O4/c1-24(2,3)31-23(29)25-14-15-26-20(16-25)21(17-8-6-5-7-9-17)27(22(26)28)18-10-12-19(30-4)13-11-18/h5-13H,14-16H2,1-4H3. The van der Waals surface area contributed by atoms with E-state index < -0.39 is 5.60 Å². The highest BCUT2D eigenvalue weighted by molar-refractivity contribution is 5.70. The third-order valence-electron chi connectivity index (χ3n) is 5.21. The molecule has 0 fully saturated rings. The number of benzene rings is 2. The van der Waals surface area contributed by atoms with Crippen molar-refractivity contribution in [3.05, 3.63) is 70.8 Å². The molecule has 0 saturated carbocycles. The third-order valence-corrected chi connectivity index (χ3v) is 5.21. The Morgan fingerprint density at radius 1 is 0.968 bits per heavy atom. The van der Waals surface area contributed by atoms with Gasteiger partial charge >= 0.3 is 11.8 Å². The van der Waals surface area contributed by atoms with Gasteiger partial charge in [0.2, 0.25) is 0 Å². The number of rotatable bonds is 3. The van der Waals surface area contributed by atoms with E-state index in [2.05, 4.69) is 0 Å². The van der Waals surface area contributed by atoms with Crippen LogP contribution in [0, 0.1) is 0 Å². The quantitative estimate of drug-likeness (QED) is 0.640. The van der Waals surface area contributed by atoms with Crippen molar-refractivity contribution >= 4 is 6.09 Å². The Kier molecular flexibility index (Phi) is 5.35. The topological polar surface area (TPSA) is 65.7 Å². The van der Waals surface area contributed by atoms with Gasteiger partial charge in [0.25, 0.3) is 0 Å². The lowest BCUT2D eigenvalue weighted by Gasteiger charge is -2.30. The van der Waals surface area contributed by atoms with Gasteiger partial charge in [-0.25, -0.2) is 9.59 Å². The van der Waals surface area contributed by atoms with Gasteiger partial charge in [0.15, 0.2) is 0 Å². The molecule has 0 aliphatic carbocycles. The lowest BCUT2D eigenvalue weighted by molar-refractivity contribution is 0.0198. The number of fused-ring (bicyclic) bond motifs is 1. The smallest absolute Gasteiger partial charge is 0.410 e. The summed E-state index contributed by atoms with van der Waals surface area (Å²) in [5, 5.41) is 0. The lowest BCUT2D eigenvalue weighted by atomic mass is 10.1. The lowest BCUT2D eigenvalue weighted by Crippen LogP contribution is -2.43. The molecule has 0 saturated heterocycles. The fourth-order valence-corrected chi connectivity index (χ4v) is 3.80. The molecule has 1 aliphatic rings. The SMILES string of the molecule is COc1ccc(-n2c(-c3ccccc3)c3n(c2=O)CCN(C(=O)OC(C)(C)C)C3)cc1. The van der Waals surface area contributed by atoms with E-state index in [4.69, 9.17) is 9.47 Å². The maximum absolute atomic E-state index is 13.4. The van der Waals surface area contributed by atoms with Crippen LogP contribution in [0.4, 0.5) is 4.79 Å². The summed E-state index contributed by atoms with van der Waals surface area (Å²) >= 11 is 0. The molecule has 1 amide bonds. The summed E-state index contributed by atoms with van der Waals surface area (Å²) < 4.78 is 14.3. The Morgan fingerprint density at radius 2 is 1.65 bits per heavy atom. The van der Waals surface area contributed by atoms with Crippen LogP contribution in [0.5, 0.6) is 5.75 Å². The van der Waals surface area contributed by atoms with Crippen LogP contribution in [-0.4, -0.2) is 39.4 Å². The van der Waals surface area contributed by atoms with Crippen molar-refractivity contribution < 1.29 is 14.3 Å². The molecule has 2 heterocycles. The Morgan fingerprint density at radius 3 is 2.26 bits per heavy atom. The second-order valence-corrected chi connectivity index (χ2v) is 8.53. The minimum absolute atomic E-state index is 0.122. The molecule has 0 unspecified atom stereocenters. The number of aromatic nitrogens is 2. The molecule has 162 valence electrons. The third kappa shape index (κ3) is 4.08. The first-order valence-electron chi connectivity index (χ1n) is 10.3. The van der Waals surface area contributed by atoms with Crippen molar-refractivity contribution in [3.63, 3.8) is 0 Å². The van der Waals surface area contributed by atoms with Crippen LogP contribution in [0.2, 0.25) is 0 Å². The zero-order valence-corrected chi connectivity index (χ0v) is 18.3. The molecule has 31 heavy (non-hydrogen) atoms. The summed E-state index contributed by atoms with van der Waals surface area (Å²) in [6.07, 6.45) is -0.373. The number of hydrogen-bond donors (Lipinski definition) is 0. The normalized spacial score (nSPS) is 13.6. The largest absolute Gasteiger partial charge is 0.497 e. The summed E-state index contributed by atoms with van der Waals surface area (Å²) in [6, 6.07) is 17.2. The zero-order valence-electron chi connectivity index (χ0n) is 18.3. The average Bonchev–Trinajstić information content (AvgIpc) is 3.05. The Labute approximate surface area is 181 Å². The Balaban J connectivity index is 1.83. The maximum atomic E-state index is 13.4. The van der Waals surface area contributed by atoms with Crippen LogP contribution >= 0.6 is 0 Å². The van der Waals surface area contributed by atoms with Gasteiger partial charge in [0.05, 0.1) is 30.7 Å². The van der Waals surface area contributed by atoms with Gasteiger partial charge in [0, 0.05) is 18.7 Å². The molecule has 0 N–H and O–H groups in total. The van der Waals surface area contributed by atoms with Gasteiger partial charge in [-0.3, -0.25) is 9.13 Å². The van der Waals surface area contributed by atoms with Gasteiger partial charge in [-0.1, -0.05) is 30.3 Å². The first kappa shape index (κ1) is 20.8. The molecule has 0 radical (unpaired) electrons. The number of carbonyl (C=O) groups excluding carboxylic acids is 1. The van der Waals surface area contributed by atoms with Gasteiger partial charge in [-0.2, -0.15) is 0 Å². The second-order valence-electron chi connectivity index (χ2n) is 8.53. The molecule has 0 spiro atoms. The second kappa shape index (κ2) is 7.98. The number of hydrogen-bond acceptors (Lipinski definition) is 4. The molecule has 0 bridgehead atoms. The van der Waals surface area contributed by atoms with E-state index in [1.807, 2.05) is 75.4 Å². The van der Waals surface area contributed by atoms with Gasteiger partial charge < -0.3 is 14.4 Å². The number of amides is 1. The van der Waals surface area contributed by atoms with Crippen molar-refractivity contribution in [1.82, 2.24) is 14.0 Å². The van der Waals surface area contributed by atoms with Crippen molar-refractivity contribution in [2.24, 2.45) is 0 Å². The first-order valence-corrected chi connectivity index (χ1v) is 10.3. The van der Waals surface area contributed by atoms with Crippen molar-refractivity contribution in [3.8, 4) is 22.7 Å². The van der Waals surface area contributed by atoms with E-state index in [0.29, 0.717) is 19.6 Å². The maximum Gasteiger partial charge on any atom is 0.410 e. The van der Waals surface area contributed by atoms with Crippen LogP contribution in [0.15, 0.2) is 59.4 Å². The van der Waals surface area contributed by atoms with Crippen LogP contribution in [-0.2, 0) is 17.8 Å². The molecule has 2 aromatic carbocycles. The minimum atomic E-state index is -0.578. The molecular formula is C24H27N3O4. The fraction of sp³-hybridized carbons (Fsp3) is 0.333. The first-order chi connectivity index (χ1) is 14.8. The molecule has 1 aliphatic heterocycles. The Bertz CT molecular complexity index is 1140. The molecule has 1 aromatic heterocycles.